The maximum Gasteiger partial charge on any atom is 0.271 e. The highest BCUT2D eigenvalue weighted by Crippen LogP contribution is 2.30. The van der Waals surface area contributed by atoms with Gasteiger partial charge in [0.25, 0.3) is 5.91 Å². The smallest absolute Gasteiger partial charge is 0.271 e. The zero-order valence-corrected chi connectivity index (χ0v) is 15.4. The molecule has 23 heavy (non-hydrogen) atoms. The Bertz CT molecular complexity index is 731. The number of nitrogens with one attached hydrogen (secondary N) is 1. The van der Waals surface area contributed by atoms with E-state index in [0.717, 1.165) is 10.0 Å². The van der Waals surface area contributed by atoms with Crippen molar-refractivity contribution in [1.82, 2.24) is 5.43 Å². The fourth-order valence-electron chi connectivity index (χ4n) is 1.83. The molecule has 0 spiro atoms. The standard InChI is InChI=1S/C16H14Br2N2O3/c1-23-9-10-2-4-11(5-3-10)16(22)20-19-8-12-6-13(17)7-14(18)15(12)21/h2-8,21H,9H2,1H3,(H,20,22)/b19-8+. The van der Waals surface area contributed by atoms with E-state index in [2.05, 4.69) is 42.4 Å². The van der Waals surface area contributed by atoms with Gasteiger partial charge in [0.2, 0.25) is 0 Å². The molecule has 0 saturated carbocycles. The van der Waals surface area contributed by atoms with Crippen LogP contribution in [0.25, 0.3) is 0 Å². The van der Waals surface area contributed by atoms with Crippen LogP contribution in [0.5, 0.6) is 5.75 Å². The normalized spacial score (nSPS) is 10.9. The SMILES string of the molecule is COCc1ccc(C(=O)N/N=C/c2cc(Br)cc(Br)c2O)cc1. The third-order valence-corrected chi connectivity index (χ3v) is 4.02. The first-order chi connectivity index (χ1) is 11.0. The fraction of sp³-hybridized carbons (Fsp3) is 0.125. The zero-order valence-electron chi connectivity index (χ0n) is 12.2. The molecule has 1 amide bonds. The molecule has 2 N–H and O–H groups in total. The number of hydrazone groups is 1. The maximum atomic E-state index is 12.0. The van der Waals surface area contributed by atoms with Crippen molar-refractivity contribution in [3.05, 3.63) is 62.0 Å². The Morgan fingerprint density at radius 2 is 2.00 bits per heavy atom. The summed E-state index contributed by atoms with van der Waals surface area (Å²) in [6.45, 7) is 0.497. The molecule has 0 heterocycles. The molecule has 0 fully saturated rings. The highest BCUT2D eigenvalue weighted by atomic mass is 79.9. The molecule has 0 atom stereocenters. The lowest BCUT2D eigenvalue weighted by Gasteiger charge is -2.04. The van der Waals surface area contributed by atoms with E-state index in [1.165, 1.54) is 6.21 Å². The summed E-state index contributed by atoms with van der Waals surface area (Å²) in [4.78, 5) is 12.0. The molecule has 5 nitrogen and oxygen atoms in total. The number of phenolic OH excluding ortho intramolecular Hbond substituents is 1. The Labute approximate surface area is 150 Å². The number of carbonyl (C=O) groups is 1. The molecule has 0 aliphatic rings. The Morgan fingerprint density at radius 3 is 2.65 bits per heavy atom. The van der Waals surface area contributed by atoms with Crippen molar-refractivity contribution in [2.24, 2.45) is 5.10 Å². The lowest BCUT2D eigenvalue weighted by Crippen LogP contribution is -2.17. The Kier molecular flexibility index (Phi) is 6.32. The van der Waals surface area contributed by atoms with Gasteiger partial charge in [0.1, 0.15) is 5.75 Å². The van der Waals surface area contributed by atoms with Crippen molar-refractivity contribution in [3.63, 3.8) is 0 Å². The number of methoxy groups -OCH3 is 1. The van der Waals surface area contributed by atoms with E-state index in [-0.39, 0.29) is 11.7 Å². The minimum Gasteiger partial charge on any atom is -0.506 e. The van der Waals surface area contributed by atoms with Gasteiger partial charge in [-0.3, -0.25) is 4.79 Å². The summed E-state index contributed by atoms with van der Waals surface area (Å²) < 4.78 is 6.33. The van der Waals surface area contributed by atoms with E-state index in [0.29, 0.717) is 22.2 Å². The highest BCUT2D eigenvalue weighted by molar-refractivity contribution is 9.11. The number of ether oxygens (including phenoxy) is 1. The number of aromatic hydroxyl groups is 1. The third kappa shape index (κ3) is 4.89. The van der Waals surface area contributed by atoms with Crippen LogP contribution in [0.2, 0.25) is 0 Å². The van der Waals surface area contributed by atoms with Crippen molar-refractivity contribution >= 4 is 44.0 Å². The minimum atomic E-state index is -0.334. The molecular weight excluding hydrogens is 428 g/mol. The largest absolute Gasteiger partial charge is 0.506 e. The first-order valence-electron chi connectivity index (χ1n) is 6.60. The first kappa shape index (κ1) is 17.7. The number of rotatable bonds is 5. The number of nitrogens with zero attached hydrogens (tertiary/aromatic N) is 1. The van der Waals surface area contributed by atoms with Gasteiger partial charge in [0.05, 0.1) is 17.3 Å². The van der Waals surface area contributed by atoms with Crippen LogP contribution < -0.4 is 5.43 Å². The second-order valence-corrected chi connectivity index (χ2v) is 6.42. The van der Waals surface area contributed by atoms with Gasteiger partial charge in [-0.2, -0.15) is 5.10 Å². The van der Waals surface area contributed by atoms with Gasteiger partial charge in [-0.25, -0.2) is 5.43 Å². The molecular formula is C16H14Br2N2O3. The van der Waals surface area contributed by atoms with Gasteiger partial charge in [0.15, 0.2) is 0 Å². The second kappa shape index (κ2) is 8.24. The molecule has 0 saturated heterocycles. The molecule has 0 radical (unpaired) electrons. The number of benzene rings is 2. The Balaban J connectivity index is 2.04. The van der Waals surface area contributed by atoms with E-state index in [9.17, 15) is 9.90 Å². The van der Waals surface area contributed by atoms with Crippen LogP contribution in [0, 0.1) is 0 Å². The number of hydrogen-bond donors (Lipinski definition) is 2. The second-order valence-electron chi connectivity index (χ2n) is 4.65. The summed E-state index contributed by atoms with van der Waals surface area (Å²) in [6, 6.07) is 10.4. The molecule has 120 valence electrons. The molecule has 7 heteroatoms. The van der Waals surface area contributed by atoms with Crippen LogP contribution >= 0.6 is 31.9 Å². The molecule has 0 bridgehead atoms. The third-order valence-electron chi connectivity index (χ3n) is 2.95. The molecule has 0 aliphatic carbocycles. The first-order valence-corrected chi connectivity index (χ1v) is 8.19. The van der Waals surface area contributed by atoms with Gasteiger partial charge in [-0.05, 0) is 45.8 Å². The molecule has 0 unspecified atom stereocenters. The number of hydrogen-bond acceptors (Lipinski definition) is 4. The minimum absolute atomic E-state index is 0.0510. The highest BCUT2D eigenvalue weighted by Gasteiger charge is 2.07. The van der Waals surface area contributed by atoms with Gasteiger partial charge in [-0.15, -0.1) is 0 Å². The van der Waals surface area contributed by atoms with Crippen molar-refractivity contribution in [3.8, 4) is 5.75 Å². The van der Waals surface area contributed by atoms with Crippen molar-refractivity contribution < 1.29 is 14.6 Å². The summed E-state index contributed by atoms with van der Waals surface area (Å²) in [6.07, 6.45) is 1.38. The summed E-state index contributed by atoms with van der Waals surface area (Å²) >= 11 is 6.56. The fourth-order valence-corrected chi connectivity index (χ4v) is 3.09. The Hall–Kier alpha value is -1.70. The van der Waals surface area contributed by atoms with Crippen LogP contribution in [0.1, 0.15) is 21.5 Å². The lowest BCUT2D eigenvalue weighted by molar-refractivity contribution is 0.0955. The van der Waals surface area contributed by atoms with Crippen LogP contribution in [-0.4, -0.2) is 24.3 Å². The summed E-state index contributed by atoms with van der Waals surface area (Å²) in [5.74, 6) is -0.283. The molecule has 0 aromatic heterocycles. The average Bonchev–Trinajstić information content (AvgIpc) is 2.53. The van der Waals surface area contributed by atoms with Gasteiger partial charge < -0.3 is 9.84 Å². The molecule has 2 aromatic rings. The summed E-state index contributed by atoms with van der Waals surface area (Å²) in [7, 11) is 1.62. The Morgan fingerprint density at radius 1 is 1.30 bits per heavy atom. The van der Waals surface area contributed by atoms with E-state index in [4.69, 9.17) is 4.74 Å². The van der Waals surface area contributed by atoms with Gasteiger partial charge in [0, 0.05) is 22.7 Å². The molecule has 0 aliphatic heterocycles. The van der Waals surface area contributed by atoms with Crippen LogP contribution in [0.3, 0.4) is 0 Å². The van der Waals surface area contributed by atoms with Crippen LogP contribution in [0.15, 0.2) is 50.4 Å². The predicted octanol–water partition coefficient (Wildman–Crippen LogP) is 3.83. The lowest BCUT2D eigenvalue weighted by atomic mass is 10.1. The van der Waals surface area contributed by atoms with Gasteiger partial charge in [-0.1, -0.05) is 28.1 Å². The number of amides is 1. The number of phenols is 1. The van der Waals surface area contributed by atoms with Crippen molar-refractivity contribution in [2.75, 3.05) is 7.11 Å². The van der Waals surface area contributed by atoms with Crippen LogP contribution in [0.4, 0.5) is 0 Å². The molecule has 2 rings (SSSR count). The summed E-state index contributed by atoms with van der Waals surface area (Å²) in [5, 5.41) is 13.8. The van der Waals surface area contributed by atoms with E-state index >= 15 is 0 Å². The van der Waals surface area contributed by atoms with Crippen molar-refractivity contribution in [1.29, 1.82) is 0 Å². The monoisotopic (exact) mass is 440 g/mol. The van der Waals surface area contributed by atoms with E-state index in [1.807, 2.05) is 12.1 Å². The zero-order chi connectivity index (χ0) is 16.8. The van der Waals surface area contributed by atoms with Crippen molar-refractivity contribution in [2.45, 2.75) is 6.61 Å². The van der Waals surface area contributed by atoms with E-state index < -0.39 is 0 Å². The van der Waals surface area contributed by atoms with Crippen LogP contribution in [-0.2, 0) is 11.3 Å². The predicted molar refractivity (Wildman–Crippen MR) is 95.7 cm³/mol. The average molecular weight is 442 g/mol. The quantitative estimate of drug-likeness (QED) is 0.547. The van der Waals surface area contributed by atoms with Gasteiger partial charge >= 0.3 is 0 Å². The maximum absolute atomic E-state index is 12.0. The van der Waals surface area contributed by atoms with E-state index in [1.54, 1.807) is 31.4 Å². The number of halogens is 2. The topological polar surface area (TPSA) is 70.9 Å². The summed E-state index contributed by atoms with van der Waals surface area (Å²) in [5.41, 5.74) is 4.37. The molecule has 2 aromatic carbocycles. The number of carbonyl (C=O) groups excluding carboxylic acids is 1.